The van der Waals surface area contributed by atoms with Crippen molar-refractivity contribution >= 4 is 116 Å². The highest BCUT2D eigenvalue weighted by atomic mass is 32.2. The minimum Gasteiger partial charge on any atom is -0.542 e. The molecule has 108 heavy (non-hydrogen) atoms. The number of carboxylic acids is 2. The van der Waals surface area contributed by atoms with Crippen LogP contribution >= 0.6 is 23.5 Å². The highest BCUT2D eigenvalue weighted by Crippen LogP contribution is 2.32. The Labute approximate surface area is 621 Å². The summed E-state index contributed by atoms with van der Waals surface area (Å²) >= 11 is 2.80. The number of hydrogen-bond acceptors (Lipinski definition) is 17. The molecule has 4 aromatic carbocycles. The Bertz CT molecular complexity index is 4370. The number of nitrogens with two attached hydrogens (primary N) is 1. The third-order valence-corrected chi connectivity index (χ3v) is 19.9. The molecule has 1 spiro atoms. The highest BCUT2D eigenvalue weighted by molar-refractivity contribution is 7.98. The molecule has 2 bridgehead atoms. The number of carbonyl (C=O) groups excluding carboxylic acids is 11. The number of benzene rings is 4. The Morgan fingerprint density at radius 3 is 1.71 bits per heavy atom. The van der Waals surface area contributed by atoms with Crippen molar-refractivity contribution in [3.05, 3.63) is 155 Å². The molecular weight excluding hydrogens is 1460 g/mol. The lowest BCUT2D eigenvalue weighted by Gasteiger charge is -2.33. The van der Waals surface area contributed by atoms with Gasteiger partial charge in [0.25, 0.3) is 0 Å². The van der Waals surface area contributed by atoms with Gasteiger partial charge >= 0.3 is 12.1 Å². The van der Waals surface area contributed by atoms with Crippen molar-refractivity contribution in [1.29, 1.82) is 0 Å². The summed E-state index contributed by atoms with van der Waals surface area (Å²) in [4.78, 5) is 178. The maximum atomic E-state index is 15.1. The van der Waals surface area contributed by atoms with E-state index in [-0.39, 0.29) is 73.1 Å². The van der Waals surface area contributed by atoms with Crippen LogP contribution in [-0.4, -0.2) is 180 Å². The molecule has 37 heteroatoms. The molecule has 1 fully saturated rings. The number of nitrogens with zero attached hydrogens (tertiary/aromatic N) is 1. The second-order valence-corrected chi connectivity index (χ2v) is 28.0. The predicted octanol–water partition coefficient (Wildman–Crippen LogP) is 0.807. The lowest BCUT2D eigenvalue weighted by Crippen LogP contribution is -2.64. The van der Waals surface area contributed by atoms with Crippen molar-refractivity contribution in [2.75, 3.05) is 24.6 Å². The number of thioether (sulfide) groups is 2. The number of quaternary nitrogens is 1. The average Bonchev–Trinajstić information content (AvgIpc) is 1.63. The Morgan fingerprint density at radius 1 is 0.630 bits per heavy atom. The Hall–Kier alpha value is -11.1. The van der Waals surface area contributed by atoms with Crippen LogP contribution in [0.4, 0.5) is 22.0 Å². The quantitative estimate of drug-likeness (QED) is 0.0499. The van der Waals surface area contributed by atoms with Gasteiger partial charge in [-0.3, -0.25) is 52.7 Å². The van der Waals surface area contributed by atoms with Crippen molar-refractivity contribution in [3.63, 3.8) is 0 Å². The molecule has 7 aromatic rings. The monoisotopic (exact) mass is 1540 g/mol. The molecule has 9 rings (SSSR count). The van der Waals surface area contributed by atoms with Crippen molar-refractivity contribution in [3.8, 4) is 5.75 Å². The van der Waals surface area contributed by atoms with Crippen molar-refractivity contribution in [1.82, 2.24) is 67.8 Å². The van der Waals surface area contributed by atoms with E-state index in [1.807, 2.05) is 24.3 Å². The summed E-state index contributed by atoms with van der Waals surface area (Å²) in [5.74, 6) is -13.7. The first-order chi connectivity index (χ1) is 51.4. The number of aliphatic carboxylic acids is 2. The van der Waals surface area contributed by atoms with Gasteiger partial charge in [0, 0.05) is 101 Å². The minimum absolute atomic E-state index is 0.0211. The fraction of sp³-hybridized carbons (Fsp3) is 0.394. The smallest absolute Gasteiger partial charge is 0.430 e. The Morgan fingerprint density at radius 2 is 1.17 bits per heavy atom. The van der Waals surface area contributed by atoms with Gasteiger partial charge < -0.3 is 94.4 Å². The van der Waals surface area contributed by atoms with E-state index < -0.39 is 156 Å². The molecule has 10 amide bonds. The molecule has 30 nitrogen and oxygen atoms in total. The number of rotatable bonds is 15. The maximum absolute atomic E-state index is 15.1. The molecule has 7 atom stereocenters. The molecule has 1 saturated carbocycles. The summed E-state index contributed by atoms with van der Waals surface area (Å²) in [6.07, 6.45) is 0.233. The molecular formula is C71H82F5N15O15S2. The lowest BCUT2D eigenvalue weighted by atomic mass is 9.94. The largest absolute Gasteiger partial charge is 0.542 e. The van der Waals surface area contributed by atoms with Crippen LogP contribution in [0.1, 0.15) is 91.3 Å². The SMILES string of the molecule is NC(=O)[C@@H]1CSCc2cccc(c2)CSCCC(=O)N[C@@H](CCCC[NH3+])C(=O)NCC(=O)N[C@@H](Cc2c[nH]c3ccc(F)cc23)C(=O)N[C@@H](Cc2c[nH]c3ccc(F)cc23)C(=O)N[C@@H](CC(=O)O)C(=O)N[C@@H](Cc2cnc[nH]2)C(=O)N[C@@H](Cc2ccc(O)cc2)C(=O)NC2(CCCC2)C(=O)N1.O=C([O-])C(F)(F)F. The lowest BCUT2D eigenvalue weighted by molar-refractivity contribution is -0.368. The number of H-pyrrole nitrogens is 3. The van der Waals surface area contributed by atoms with Crippen LogP contribution in [0.3, 0.4) is 0 Å². The van der Waals surface area contributed by atoms with Crippen LogP contribution in [0.15, 0.2) is 110 Å². The summed E-state index contributed by atoms with van der Waals surface area (Å²) in [5.41, 5.74) is 12.1. The van der Waals surface area contributed by atoms with Gasteiger partial charge in [0.1, 0.15) is 71.2 Å². The third kappa shape index (κ3) is 24.5. The first-order valence-electron chi connectivity index (χ1n) is 34.2. The number of aromatic nitrogens is 4. The first kappa shape index (κ1) is 82.6. The number of amides is 10. The molecule has 578 valence electrons. The number of aromatic amines is 3. The molecule has 1 aliphatic heterocycles. The normalized spacial score (nSPS) is 21.1. The second kappa shape index (κ2) is 39.0. The van der Waals surface area contributed by atoms with Crippen molar-refractivity contribution in [2.24, 2.45) is 5.73 Å². The van der Waals surface area contributed by atoms with Gasteiger partial charge in [0.15, 0.2) is 0 Å². The number of phenols is 1. The fourth-order valence-electron chi connectivity index (χ4n) is 12.1. The van der Waals surface area contributed by atoms with Crippen molar-refractivity contribution < 1.29 is 101 Å². The molecule has 2 aliphatic rings. The van der Waals surface area contributed by atoms with Crippen LogP contribution < -0.4 is 64.4 Å². The molecule has 0 unspecified atom stereocenters. The van der Waals surface area contributed by atoms with Crippen LogP contribution in [0.5, 0.6) is 5.75 Å². The Kier molecular flexibility index (Phi) is 29.8. The number of carboxylic acid groups (broad SMARTS) is 2. The topological polar surface area (TPSA) is 491 Å². The summed E-state index contributed by atoms with van der Waals surface area (Å²) in [6, 6.07) is 9.98. The van der Waals surface area contributed by atoms with E-state index in [0.29, 0.717) is 77.0 Å². The number of primary amides is 1. The van der Waals surface area contributed by atoms with Gasteiger partial charge in [-0.2, -0.15) is 36.7 Å². The predicted molar refractivity (Wildman–Crippen MR) is 381 cm³/mol. The van der Waals surface area contributed by atoms with Crippen molar-refractivity contribution in [2.45, 2.75) is 149 Å². The van der Waals surface area contributed by atoms with E-state index in [1.54, 1.807) is 0 Å². The van der Waals surface area contributed by atoms with Crippen LogP contribution in [0.2, 0.25) is 0 Å². The van der Waals surface area contributed by atoms with E-state index in [4.69, 9.17) is 15.6 Å². The number of aromatic hydroxyl groups is 1. The number of alkyl halides is 3. The number of phenolic OH excluding ortho intramolecular Hbond substituents is 1. The molecule has 0 radical (unpaired) electrons. The van der Waals surface area contributed by atoms with Crippen LogP contribution in [0, 0.1) is 11.6 Å². The van der Waals surface area contributed by atoms with Gasteiger partial charge in [-0.15, -0.1) is 0 Å². The number of imidazole rings is 1. The van der Waals surface area contributed by atoms with Gasteiger partial charge in [-0.1, -0.05) is 49.2 Å². The zero-order valence-electron chi connectivity index (χ0n) is 58.0. The number of fused-ring (bicyclic) bond motifs is 4. The summed E-state index contributed by atoms with van der Waals surface area (Å²) in [5, 5.41) is 53.7. The third-order valence-electron chi connectivity index (χ3n) is 17.7. The second-order valence-electron chi connectivity index (χ2n) is 25.8. The number of halogens is 5. The average molecular weight is 1540 g/mol. The number of hydrogen-bond donors (Lipinski definition) is 16. The van der Waals surface area contributed by atoms with E-state index in [1.165, 1.54) is 109 Å². The molecule has 19 N–H and O–H groups in total. The summed E-state index contributed by atoms with van der Waals surface area (Å²) in [7, 11) is 0. The maximum Gasteiger partial charge on any atom is 0.430 e. The number of carbonyl (C=O) groups is 12. The minimum atomic E-state index is -5.19. The summed E-state index contributed by atoms with van der Waals surface area (Å²) < 4.78 is 61.4. The van der Waals surface area contributed by atoms with Gasteiger partial charge in [-0.25, -0.2) is 13.8 Å². The Balaban J connectivity index is 0.00000200. The fourth-order valence-corrected chi connectivity index (χ4v) is 14.0. The number of unbranched alkanes of at least 4 members (excludes halogenated alkanes) is 1. The highest BCUT2D eigenvalue weighted by Gasteiger charge is 2.45. The van der Waals surface area contributed by atoms with E-state index in [2.05, 4.69) is 73.5 Å². The van der Waals surface area contributed by atoms with E-state index in [9.17, 15) is 75.3 Å². The zero-order chi connectivity index (χ0) is 78.2. The van der Waals surface area contributed by atoms with Gasteiger partial charge in [-0.05, 0) is 108 Å². The van der Waals surface area contributed by atoms with Crippen LogP contribution in [0.25, 0.3) is 21.8 Å². The number of nitrogens with one attached hydrogen (secondary N) is 12. The first-order valence-corrected chi connectivity index (χ1v) is 36.6. The van der Waals surface area contributed by atoms with Gasteiger partial charge in [0.2, 0.25) is 59.1 Å². The van der Waals surface area contributed by atoms with E-state index in [0.717, 1.165) is 11.1 Å². The molecule has 0 saturated heterocycles. The standard InChI is InChI=1S/C69H81F2N15O13S2.C2HF3O2/c70-43-11-15-49-47(26-43)41(30-75-49)24-53-63(94)82-54(25-42-31-76-50-16-12-44(71)27-48(42)50)64(95)84-56(29-60(90)91)66(97)83-55(28-45-32-74-37-78-45)65(96)81-52(23-38-9-13-46(87)14-10-38)67(98)86-69(18-2-3-19-69)68(99)85-57(61(73)92)36-101-35-40-7-5-6-39(22-40)34-100-21-17-58(88)79-51(8-1-4-20-72)62(93)77-33-59(89)80-53;3-2(4,5)1(6)7/h5-7,9-16,22,26-27,30-32,37,51-57,75-76,87H,1-4,8,17-21,23-25,28-29,33-36,72H2,(H2,73,92)(H,74,78)(H,77,93)(H,79,88)(H,80,89)(H,81,96)(H,82,94)(H,83,97)(H,84,95)(H,85,99)(H,86,98)(H,90,91);(H,6,7)/t51-,52-,53-,54-,55-,56-,57-;/m0./s1. The van der Waals surface area contributed by atoms with Crippen LogP contribution in [-0.2, 0) is 94.7 Å². The zero-order valence-corrected chi connectivity index (χ0v) is 59.6. The van der Waals surface area contributed by atoms with Gasteiger partial charge in [0.05, 0.1) is 25.8 Å². The molecule has 3 aromatic heterocycles. The molecule has 4 heterocycles. The molecule has 1 aliphatic carbocycles. The summed E-state index contributed by atoms with van der Waals surface area (Å²) in [6.45, 7) is -0.186. The van der Waals surface area contributed by atoms with E-state index >= 15 is 9.59 Å².